The van der Waals surface area contributed by atoms with Crippen LogP contribution < -0.4 is 15.0 Å². The van der Waals surface area contributed by atoms with Crippen LogP contribution in [0.25, 0.3) is 0 Å². The molecule has 1 heterocycles. The van der Waals surface area contributed by atoms with Gasteiger partial charge in [0.25, 0.3) is 0 Å². The fourth-order valence-electron chi connectivity index (χ4n) is 2.90. The van der Waals surface area contributed by atoms with Crippen LogP contribution in [0.15, 0.2) is 48.5 Å². The van der Waals surface area contributed by atoms with Crippen LogP contribution in [-0.4, -0.2) is 18.7 Å². The van der Waals surface area contributed by atoms with E-state index in [4.69, 9.17) is 4.74 Å². The first-order valence-corrected chi connectivity index (χ1v) is 7.60. The van der Waals surface area contributed by atoms with E-state index in [1.165, 1.54) is 5.56 Å². The minimum atomic E-state index is -0.121. The van der Waals surface area contributed by atoms with Gasteiger partial charge in [0.05, 0.1) is 12.3 Å². The summed E-state index contributed by atoms with van der Waals surface area (Å²) < 4.78 is 5.56. The van der Waals surface area contributed by atoms with E-state index in [0.717, 1.165) is 12.1 Å². The number of ether oxygens (including phenoxy) is 1. The number of carbonyl (C=O) groups excluding carboxylic acids is 1. The number of carbonyl (C=O) groups is 1. The van der Waals surface area contributed by atoms with Gasteiger partial charge in [-0.3, -0.25) is 4.90 Å². The van der Waals surface area contributed by atoms with Gasteiger partial charge in [0, 0.05) is 11.7 Å². The van der Waals surface area contributed by atoms with Crippen molar-refractivity contribution in [1.29, 1.82) is 0 Å². The summed E-state index contributed by atoms with van der Waals surface area (Å²) in [5, 5.41) is 2.97. The zero-order valence-corrected chi connectivity index (χ0v) is 12.9. The molecule has 2 amide bonds. The summed E-state index contributed by atoms with van der Waals surface area (Å²) in [4.78, 5) is 14.5. The van der Waals surface area contributed by atoms with E-state index in [1.54, 1.807) is 0 Å². The van der Waals surface area contributed by atoms with Crippen molar-refractivity contribution in [3.63, 3.8) is 0 Å². The molecular weight excluding hydrogens is 276 g/mol. The van der Waals surface area contributed by atoms with Gasteiger partial charge in [-0.15, -0.1) is 0 Å². The summed E-state index contributed by atoms with van der Waals surface area (Å²) in [5.74, 6) is 0.693. The van der Waals surface area contributed by atoms with Crippen LogP contribution in [0.5, 0.6) is 5.75 Å². The summed E-state index contributed by atoms with van der Waals surface area (Å²) >= 11 is 0. The molecule has 0 saturated carbocycles. The van der Waals surface area contributed by atoms with E-state index in [9.17, 15) is 4.79 Å². The number of para-hydroxylation sites is 3. The number of nitrogens with one attached hydrogen (secondary N) is 1. The van der Waals surface area contributed by atoms with Gasteiger partial charge < -0.3 is 10.1 Å². The number of hydrogen-bond donors (Lipinski definition) is 1. The molecular formula is C18H20N2O2. The summed E-state index contributed by atoms with van der Waals surface area (Å²) in [6.45, 7) is 4.56. The van der Waals surface area contributed by atoms with Crippen LogP contribution in [0, 0.1) is 0 Å². The van der Waals surface area contributed by atoms with E-state index >= 15 is 0 Å². The molecule has 0 radical (unpaired) electrons. The predicted octanol–water partition coefficient (Wildman–Crippen LogP) is 4.07. The zero-order valence-electron chi connectivity index (χ0n) is 12.9. The highest BCUT2D eigenvalue weighted by atomic mass is 16.5. The number of hydrogen-bond acceptors (Lipinski definition) is 2. The van der Waals surface area contributed by atoms with Crippen LogP contribution in [-0.2, 0) is 6.42 Å². The van der Waals surface area contributed by atoms with Crippen molar-refractivity contribution in [3.8, 4) is 5.75 Å². The van der Waals surface area contributed by atoms with Gasteiger partial charge in [0.1, 0.15) is 5.75 Å². The Morgan fingerprint density at radius 2 is 1.95 bits per heavy atom. The Morgan fingerprint density at radius 1 is 1.23 bits per heavy atom. The molecule has 2 aromatic rings. The smallest absolute Gasteiger partial charge is 0.326 e. The van der Waals surface area contributed by atoms with Crippen molar-refractivity contribution in [3.05, 3.63) is 54.1 Å². The maximum Gasteiger partial charge on any atom is 0.326 e. The Labute approximate surface area is 130 Å². The maximum absolute atomic E-state index is 12.7. The third-order valence-corrected chi connectivity index (χ3v) is 3.85. The van der Waals surface area contributed by atoms with Crippen molar-refractivity contribution < 1.29 is 9.53 Å². The fraction of sp³-hybridized carbons (Fsp3) is 0.278. The van der Waals surface area contributed by atoms with E-state index < -0.39 is 0 Å². The van der Waals surface area contributed by atoms with Gasteiger partial charge in [0.2, 0.25) is 0 Å². The quantitative estimate of drug-likeness (QED) is 0.927. The SMILES string of the molecule is CCOc1ccccc1NC(=O)N1c2ccccc2CC1C. The number of nitrogens with zero attached hydrogens (tertiary/aromatic N) is 1. The highest BCUT2D eigenvalue weighted by Gasteiger charge is 2.30. The Hall–Kier alpha value is -2.49. The molecule has 1 atom stereocenters. The third kappa shape index (κ3) is 2.64. The predicted molar refractivity (Wildman–Crippen MR) is 88.7 cm³/mol. The highest BCUT2D eigenvalue weighted by Crippen LogP contribution is 2.33. The van der Waals surface area contributed by atoms with Crippen LogP contribution in [0.3, 0.4) is 0 Å². The first-order valence-electron chi connectivity index (χ1n) is 7.60. The van der Waals surface area contributed by atoms with Crippen molar-refractivity contribution >= 4 is 17.4 Å². The molecule has 1 N–H and O–H groups in total. The van der Waals surface area contributed by atoms with Gasteiger partial charge in [-0.05, 0) is 44.0 Å². The van der Waals surface area contributed by atoms with E-state index in [0.29, 0.717) is 18.0 Å². The largest absolute Gasteiger partial charge is 0.492 e. The number of amides is 2. The average Bonchev–Trinajstić information content (AvgIpc) is 2.85. The molecule has 2 aromatic carbocycles. The standard InChI is InChI=1S/C18H20N2O2/c1-3-22-17-11-7-5-9-15(17)19-18(21)20-13(2)12-14-8-4-6-10-16(14)20/h4-11,13H,3,12H2,1-2H3,(H,19,21). The lowest BCUT2D eigenvalue weighted by Crippen LogP contribution is -2.39. The molecule has 1 unspecified atom stereocenters. The number of urea groups is 1. The molecule has 0 fully saturated rings. The Morgan fingerprint density at radius 3 is 2.77 bits per heavy atom. The molecule has 0 spiro atoms. The van der Waals surface area contributed by atoms with Gasteiger partial charge in [-0.2, -0.15) is 0 Å². The molecule has 0 aliphatic carbocycles. The van der Waals surface area contributed by atoms with Crippen LogP contribution in [0.4, 0.5) is 16.2 Å². The van der Waals surface area contributed by atoms with Crippen molar-refractivity contribution in [1.82, 2.24) is 0 Å². The molecule has 114 valence electrons. The minimum absolute atomic E-state index is 0.121. The average molecular weight is 296 g/mol. The van der Waals surface area contributed by atoms with Gasteiger partial charge in [0.15, 0.2) is 0 Å². The second kappa shape index (κ2) is 6.10. The Kier molecular flexibility index (Phi) is 4.00. The lowest BCUT2D eigenvalue weighted by molar-refractivity contribution is 0.255. The van der Waals surface area contributed by atoms with Gasteiger partial charge >= 0.3 is 6.03 Å². The van der Waals surface area contributed by atoms with Gasteiger partial charge in [-0.1, -0.05) is 30.3 Å². The monoisotopic (exact) mass is 296 g/mol. The normalized spacial score (nSPS) is 16.3. The Bertz CT molecular complexity index is 684. The topological polar surface area (TPSA) is 41.6 Å². The summed E-state index contributed by atoms with van der Waals surface area (Å²) in [7, 11) is 0. The minimum Gasteiger partial charge on any atom is -0.492 e. The first kappa shape index (κ1) is 14.4. The lowest BCUT2D eigenvalue weighted by Gasteiger charge is -2.23. The third-order valence-electron chi connectivity index (χ3n) is 3.85. The molecule has 4 heteroatoms. The molecule has 0 bridgehead atoms. The van der Waals surface area contributed by atoms with E-state index in [2.05, 4.69) is 18.3 Å². The number of fused-ring (bicyclic) bond motifs is 1. The lowest BCUT2D eigenvalue weighted by atomic mass is 10.1. The maximum atomic E-state index is 12.7. The van der Waals surface area contributed by atoms with Crippen LogP contribution >= 0.6 is 0 Å². The fourth-order valence-corrected chi connectivity index (χ4v) is 2.90. The highest BCUT2D eigenvalue weighted by molar-refractivity contribution is 6.04. The van der Waals surface area contributed by atoms with Crippen LogP contribution in [0.2, 0.25) is 0 Å². The Balaban J connectivity index is 1.84. The molecule has 3 rings (SSSR count). The second-order valence-electron chi connectivity index (χ2n) is 5.41. The number of anilines is 2. The molecule has 22 heavy (non-hydrogen) atoms. The number of benzene rings is 2. The number of rotatable bonds is 3. The van der Waals surface area contributed by atoms with Crippen LogP contribution in [0.1, 0.15) is 19.4 Å². The van der Waals surface area contributed by atoms with Crippen molar-refractivity contribution in [2.75, 3.05) is 16.8 Å². The van der Waals surface area contributed by atoms with Crippen molar-refractivity contribution in [2.24, 2.45) is 0 Å². The molecule has 1 aliphatic heterocycles. The van der Waals surface area contributed by atoms with E-state index in [-0.39, 0.29) is 12.1 Å². The molecule has 0 saturated heterocycles. The zero-order chi connectivity index (χ0) is 15.5. The second-order valence-corrected chi connectivity index (χ2v) is 5.41. The summed E-state index contributed by atoms with van der Waals surface area (Å²) in [6.07, 6.45) is 0.886. The summed E-state index contributed by atoms with van der Waals surface area (Å²) in [5.41, 5.74) is 2.90. The first-order chi connectivity index (χ1) is 10.7. The molecule has 1 aliphatic rings. The molecule has 4 nitrogen and oxygen atoms in total. The van der Waals surface area contributed by atoms with Crippen molar-refractivity contribution in [2.45, 2.75) is 26.3 Å². The van der Waals surface area contributed by atoms with E-state index in [1.807, 2.05) is 54.3 Å². The van der Waals surface area contributed by atoms with Gasteiger partial charge in [-0.25, -0.2) is 4.79 Å². The molecule has 0 aromatic heterocycles. The summed E-state index contributed by atoms with van der Waals surface area (Å²) in [6, 6.07) is 15.6.